The lowest BCUT2D eigenvalue weighted by molar-refractivity contribution is 0.461. The number of nitrogens with one attached hydrogen (secondary N) is 1. The summed E-state index contributed by atoms with van der Waals surface area (Å²) in [5, 5.41) is 11.7. The number of fused-ring (bicyclic) bond motifs is 1. The molecule has 3 heterocycles. The molecule has 0 amide bonds. The highest BCUT2D eigenvalue weighted by Crippen LogP contribution is 2.41. The first-order valence-corrected chi connectivity index (χ1v) is 8.86. The summed E-state index contributed by atoms with van der Waals surface area (Å²) in [6.07, 6.45) is 7.06. The first-order chi connectivity index (χ1) is 12.1. The van der Waals surface area contributed by atoms with Crippen molar-refractivity contribution in [1.29, 1.82) is 0 Å². The molecule has 0 aliphatic rings. The first kappa shape index (κ1) is 15.8. The number of anilines is 2. The Labute approximate surface area is 151 Å². The SMILES string of the molecule is CSc1cc(-c2ncc(-c3cn[nH]c3)c3onc(N)c23)c(Cl)cc1N. The zero-order valence-electron chi connectivity index (χ0n) is 13.1. The fourth-order valence-corrected chi connectivity index (χ4v) is 3.49. The fraction of sp³-hybridized carbons (Fsp3) is 0.0625. The fourth-order valence-electron chi connectivity index (χ4n) is 2.70. The molecule has 0 aliphatic carbocycles. The summed E-state index contributed by atoms with van der Waals surface area (Å²) in [5.74, 6) is 0.251. The van der Waals surface area contributed by atoms with Crippen molar-refractivity contribution < 1.29 is 4.52 Å². The van der Waals surface area contributed by atoms with Gasteiger partial charge in [-0.1, -0.05) is 16.8 Å². The smallest absolute Gasteiger partial charge is 0.180 e. The van der Waals surface area contributed by atoms with Gasteiger partial charge in [0.05, 0.1) is 22.3 Å². The number of H-pyrrole nitrogens is 1. The molecule has 3 aromatic heterocycles. The van der Waals surface area contributed by atoms with Gasteiger partial charge < -0.3 is 16.0 Å². The number of rotatable bonds is 3. The largest absolute Gasteiger partial charge is 0.398 e. The molecule has 0 saturated carbocycles. The maximum atomic E-state index is 6.42. The van der Waals surface area contributed by atoms with Crippen LogP contribution in [0.15, 0.2) is 40.1 Å². The van der Waals surface area contributed by atoms with Crippen LogP contribution in [0.1, 0.15) is 0 Å². The lowest BCUT2D eigenvalue weighted by Crippen LogP contribution is -1.94. The Bertz CT molecular complexity index is 1080. The standard InChI is InChI=1S/C16H13ClN6OS/c1-25-12-2-8(10(17)3-11(12)18)14-13-15(24-23-16(13)19)9(6-20-14)7-4-21-22-5-7/h2-6H,18H2,1H3,(H2,19,23)(H,21,22). The average Bonchev–Trinajstić information content (AvgIpc) is 3.25. The van der Waals surface area contributed by atoms with Gasteiger partial charge in [-0.15, -0.1) is 11.8 Å². The van der Waals surface area contributed by atoms with Crippen molar-refractivity contribution in [2.24, 2.45) is 0 Å². The van der Waals surface area contributed by atoms with Crippen LogP contribution in [-0.4, -0.2) is 26.6 Å². The number of aromatic amines is 1. The van der Waals surface area contributed by atoms with Crippen LogP contribution >= 0.6 is 23.4 Å². The molecule has 0 fully saturated rings. The average molecular weight is 373 g/mol. The lowest BCUT2D eigenvalue weighted by Gasteiger charge is -2.10. The van der Waals surface area contributed by atoms with Crippen LogP contribution in [0.25, 0.3) is 33.4 Å². The minimum absolute atomic E-state index is 0.251. The van der Waals surface area contributed by atoms with E-state index < -0.39 is 0 Å². The van der Waals surface area contributed by atoms with Gasteiger partial charge in [0.1, 0.15) is 0 Å². The van der Waals surface area contributed by atoms with Crippen LogP contribution in [0.3, 0.4) is 0 Å². The Morgan fingerprint density at radius 3 is 2.76 bits per heavy atom. The first-order valence-electron chi connectivity index (χ1n) is 7.26. The normalized spacial score (nSPS) is 11.3. The molecule has 5 N–H and O–H groups in total. The second kappa shape index (κ2) is 5.98. The van der Waals surface area contributed by atoms with Crippen LogP contribution in [0.2, 0.25) is 5.02 Å². The molecule has 0 saturated heterocycles. The van der Waals surface area contributed by atoms with E-state index in [0.717, 1.165) is 21.6 Å². The number of aromatic nitrogens is 4. The van der Waals surface area contributed by atoms with Crippen LogP contribution in [0.4, 0.5) is 11.5 Å². The molecule has 0 bridgehead atoms. The third-order valence-electron chi connectivity index (χ3n) is 3.91. The van der Waals surface area contributed by atoms with Gasteiger partial charge in [-0.3, -0.25) is 10.1 Å². The number of nitrogen functional groups attached to an aromatic ring is 2. The maximum Gasteiger partial charge on any atom is 0.180 e. The highest BCUT2D eigenvalue weighted by molar-refractivity contribution is 7.98. The van der Waals surface area contributed by atoms with Crippen molar-refractivity contribution in [3.63, 3.8) is 0 Å². The number of hydrogen-bond donors (Lipinski definition) is 3. The number of nitrogens with two attached hydrogens (primary N) is 2. The highest BCUT2D eigenvalue weighted by Gasteiger charge is 2.21. The van der Waals surface area contributed by atoms with Crippen LogP contribution in [-0.2, 0) is 0 Å². The van der Waals surface area contributed by atoms with Crippen molar-refractivity contribution in [1.82, 2.24) is 20.3 Å². The van der Waals surface area contributed by atoms with Gasteiger partial charge >= 0.3 is 0 Å². The quantitative estimate of drug-likeness (QED) is 0.369. The summed E-state index contributed by atoms with van der Waals surface area (Å²) in [7, 11) is 0. The summed E-state index contributed by atoms with van der Waals surface area (Å²) in [5.41, 5.74) is 16.1. The van der Waals surface area contributed by atoms with Gasteiger partial charge in [-0.2, -0.15) is 5.10 Å². The summed E-state index contributed by atoms with van der Waals surface area (Å²) >= 11 is 7.95. The summed E-state index contributed by atoms with van der Waals surface area (Å²) in [4.78, 5) is 5.48. The third kappa shape index (κ3) is 2.50. The highest BCUT2D eigenvalue weighted by atomic mass is 35.5. The topological polar surface area (TPSA) is 120 Å². The van der Waals surface area contributed by atoms with Gasteiger partial charge in [0.15, 0.2) is 11.4 Å². The van der Waals surface area contributed by atoms with E-state index in [2.05, 4.69) is 20.3 Å². The Morgan fingerprint density at radius 2 is 2.04 bits per heavy atom. The molecule has 4 rings (SSSR count). The van der Waals surface area contributed by atoms with E-state index in [1.54, 1.807) is 24.7 Å². The zero-order valence-corrected chi connectivity index (χ0v) is 14.6. The molecule has 0 aliphatic heterocycles. The van der Waals surface area contributed by atoms with Crippen molar-refractivity contribution in [2.75, 3.05) is 17.7 Å². The zero-order chi connectivity index (χ0) is 17.6. The van der Waals surface area contributed by atoms with Crippen molar-refractivity contribution >= 4 is 45.8 Å². The van der Waals surface area contributed by atoms with E-state index in [1.807, 2.05) is 12.3 Å². The molecule has 9 heteroatoms. The number of halogens is 1. The Kier molecular flexibility index (Phi) is 3.78. The molecular weight excluding hydrogens is 360 g/mol. The van der Waals surface area contributed by atoms with Crippen LogP contribution < -0.4 is 11.5 Å². The predicted molar refractivity (Wildman–Crippen MR) is 100 cm³/mol. The van der Waals surface area contributed by atoms with Gasteiger partial charge in [-0.05, 0) is 18.4 Å². The van der Waals surface area contributed by atoms with Crippen molar-refractivity contribution in [3.8, 4) is 22.4 Å². The molecule has 7 nitrogen and oxygen atoms in total. The van der Waals surface area contributed by atoms with Crippen molar-refractivity contribution in [2.45, 2.75) is 4.90 Å². The number of thioether (sulfide) groups is 1. The van der Waals surface area contributed by atoms with Crippen LogP contribution in [0, 0.1) is 0 Å². The predicted octanol–water partition coefficient (Wildman–Crippen LogP) is 3.82. The Hall–Kier alpha value is -2.71. The minimum Gasteiger partial charge on any atom is -0.398 e. The Balaban J connectivity index is 2.02. The summed E-state index contributed by atoms with van der Waals surface area (Å²) in [6, 6.07) is 3.61. The van der Waals surface area contributed by atoms with E-state index >= 15 is 0 Å². The van der Waals surface area contributed by atoms with Gasteiger partial charge in [0, 0.05) is 39.7 Å². The van der Waals surface area contributed by atoms with Gasteiger partial charge in [0.25, 0.3) is 0 Å². The minimum atomic E-state index is 0.251. The van der Waals surface area contributed by atoms with Crippen molar-refractivity contribution in [3.05, 3.63) is 35.7 Å². The maximum absolute atomic E-state index is 6.42. The molecule has 1 aromatic carbocycles. The molecule has 0 radical (unpaired) electrons. The van der Waals surface area contributed by atoms with E-state index in [1.165, 1.54) is 11.8 Å². The monoisotopic (exact) mass is 372 g/mol. The molecule has 0 unspecified atom stereocenters. The van der Waals surface area contributed by atoms with Gasteiger partial charge in [0.2, 0.25) is 0 Å². The van der Waals surface area contributed by atoms with E-state index in [-0.39, 0.29) is 5.82 Å². The summed E-state index contributed by atoms with van der Waals surface area (Å²) in [6.45, 7) is 0. The number of pyridine rings is 1. The van der Waals surface area contributed by atoms with E-state index in [4.69, 9.17) is 27.6 Å². The third-order valence-corrected chi connectivity index (χ3v) is 5.01. The molecule has 0 atom stereocenters. The Morgan fingerprint density at radius 1 is 1.20 bits per heavy atom. The lowest BCUT2D eigenvalue weighted by atomic mass is 10.0. The molecular formula is C16H13ClN6OS. The second-order valence-electron chi connectivity index (χ2n) is 5.35. The molecule has 0 spiro atoms. The molecule has 126 valence electrons. The van der Waals surface area contributed by atoms with E-state index in [0.29, 0.717) is 27.4 Å². The molecule has 4 aromatic rings. The number of hydrogen-bond acceptors (Lipinski definition) is 7. The summed E-state index contributed by atoms with van der Waals surface area (Å²) < 4.78 is 5.46. The number of benzene rings is 1. The van der Waals surface area contributed by atoms with Crippen LogP contribution in [0.5, 0.6) is 0 Å². The number of nitrogens with zero attached hydrogens (tertiary/aromatic N) is 3. The second-order valence-corrected chi connectivity index (χ2v) is 6.61. The van der Waals surface area contributed by atoms with E-state index in [9.17, 15) is 0 Å². The molecule has 25 heavy (non-hydrogen) atoms. The van der Waals surface area contributed by atoms with Gasteiger partial charge in [-0.25, -0.2) is 0 Å².